The summed E-state index contributed by atoms with van der Waals surface area (Å²) in [5.41, 5.74) is 4.26. The molecular formula is C9H19N3O2. The Balaban J connectivity index is 0.000000249. The van der Waals surface area contributed by atoms with Crippen molar-refractivity contribution in [1.82, 2.24) is 10.6 Å². The number of primary amides is 1. The van der Waals surface area contributed by atoms with E-state index < -0.39 is 11.7 Å². The number of rotatable bonds is 0. The monoisotopic (exact) mass is 201 g/mol. The summed E-state index contributed by atoms with van der Waals surface area (Å²) in [6.07, 6.45) is 3.28. The van der Waals surface area contributed by atoms with E-state index in [0.717, 1.165) is 13.2 Å². The van der Waals surface area contributed by atoms with Gasteiger partial charge in [-0.1, -0.05) is 6.08 Å². The molecule has 5 nitrogen and oxygen atoms in total. The van der Waals surface area contributed by atoms with Crippen LogP contribution < -0.4 is 16.4 Å². The minimum absolute atomic E-state index is 0.453. The fraction of sp³-hybridized carbons (Fsp3) is 0.667. The molecule has 0 aromatic carbocycles. The molecule has 4 N–H and O–H groups in total. The summed E-state index contributed by atoms with van der Waals surface area (Å²) in [5, 5.41) is 6.08. The number of ether oxygens (including phenoxy) is 1. The molecule has 0 atom stereocenters. The molecule has 0 radical (unpaired) electrons. The molecule has 0 fully saturated rings. The minimum Gasteiger partial charge on any atom is -0.444 e. The van der Waals surface area contributed by atoms with Crippen molar-refractivity contribution < 1.29 is 9.53 Å². The van der Waals surface area contributed by atoms with Crippen LogP contribution in [0.15, 0.2) is 12.3 Å². The maximum absolute atomic E-state index is 10.0. The van der Waals surface area contributed by atoms with Gasteiger partial charge in [-0.05, 0) is 27.0 Å². The summed E-state index contributed by atoms with van der Waals surface area (Å²) in [7, 11) is 0. The third-order valence-corrected chi connectivity index (χ3v) is 1.13. The fourth-order valence-electron chi connectivity index (χ4n) is 0.731. The van der Waals surface area contributed by atoms with Gasteiger partial charge < -0.3 is 15.8 Å². The fourth-order valence-corrected chi connectivity index (χ4v) is 0.731. The summed E-state index contributed by atoms with van der Waals surface area (Å²) in [5.74, 6) is 0. The van der Waals surface area contributed by atoms with Crippen LogP contribution in [0.4, 0.5) is 4.79 Å². The Hall–Kier alpha value is -1.23. The molecule has 0 aromatic rings. The topological polar surface area (TPSA) is 76.4 Å². The Morgan fingerprint density at radius 1 is 1.50 bits per heavy atom. The first-order valence-electron chi connectivity index (χ1n) is 4.49. The van der Waals surface area contributed by atoms with Crippen molar-refractivity contribution in [2.75, 3.05) is 13.2 Å². The second-order valence-electron chi connectivity index (χ2n) is 3.77. The van der Waals surface area contributed by atoms with Crippen LogP contribution in [-0.2, 0) is 4.74 Å². The van der Waals surface area contributed by atoms with Crippen LogP contribution in [0.5, 0.6) is 0 Å². The molecule has 0 saturated carbocycles. The summed E-state index contributed by atoms with van der Waals surface area (Å²) in [6.45, 7) is 7.21. The number of carbonyl (C=O) groups excluding carboxylic acids is 1. The van der Waals surface area contributed by atoms with Gasteiger partial charge in [-0.3, -0.25) is 5.32 Å². The van der Waals surface area contributed by atoms with Gasteiger partial charge in [0.2, 0.25) is 0 Å². The second-order valence-corrected chi connectivity index (χ2v) is 3.77. The van der Waals surface area contributed by atoms with Crippen LogP contribution in [0.2, 0.25) is 0 Å². The van der Waals surface area contributed by atoms with E-state index in [2.05, 4.69) is 15.4 Å². The predicted octanol–water partition coefficient (Wildman–Crippen LogP) is 0.531. The number of nitrogens with one attached hydrogen (secondary N) is 2. The maximum Gasteiger partial charge on any atom is 0.405 e. The maximum atomic E-state index is 10.0. The van der Waals surface area contributed by atoms with E-state index in [-0.39, 0.29) is 0 Å². The van der Waals surface area contributed by atoms with Crippen molar-refractivity contribution in [2.45, 2.75) is 26.4 Å². The minimum atomic E-state index is -0.725. The molecule has 82 valence electrons. The van der Waals surface area contributed by atoms with Crippen LogP contribution >= 0.6 is 0 Å². The zero-order valence-corrected chi connectivity index (χ0v) is 8.96. The molecule has 0 bridgehead atoms. The Morgan fingerprint density at radius 3 is 2.21 bits per heavy atom. The average molecular weight is 201 g/mol. The lowest BCUT2D eigenvalue weighted by molar-refractivity contribution is 0.0600. The van der Waals surface area contributed by atoms with Gasteiger partial charge in [-0.25, -0.2) is 4.79 Å². The molecule has 1 heterocycles. The van der Waals surface area contributed by atoms with E-state index in [4.69, 9.17) is 5.73 Å². The summed E-state index contributed by atoms with van der Waals surface area (Å²) in [6, 6.07) is 0. The standard InChI is InChI=1S/C5H11NO2.C4H8N2/c1-5(2,3)8-4(6)7;1-2-5-4-6-3-1/h1-3H3,(H2,6,7);1-2,5-6H,3-4H2. The van der Waals surface area contributed by atoms with Gasteiger partial charge in [0.15, 0.2) is 0 Å². The van der Waals surface area contributed by atoms with Crippen molar-refractivity contribution in [3.8, 4) is 0 Å². The van der Waals surface area contributed by atoms with Gasteiger partial charge in [0.1, 0.15) is 5.60 Å². The molecule has 0 spiro atoms. The summed E-state index contributed by atoms with van der Waals surface area (Å²) in [4.78, 5) is 10.0. The normalized spacial score (nSPS) is 14.8. The summed E-state index contributed by atoms with van der Waals surface area (Å²) >= 11 is 0. The first-order chi connectivity index (χ1) is 6.42. The van der Waals surface area contributed by atoms with Crippen molar-refractivity contribution >= 4 is 6.09 Å². The highest BCUT2D eigenvalue weighted by atomic mass is 16.6. The number of nitrogens with two attached hydrogens (primary N) is 1. The molecule has 0 saturated heterocycles. The van der Waals surface area contributed by atoms with Crippen molar-refractivity contribution in [1.29, 1.82) is 0 Å². The largest absolute Gasteiger partial charge is 0.444 e. The Morgan fingerprint density at radius 2 is 2.14 bits per heavy atom. The van der Waals surface area contributed by atoms with E-state index >= 15 is 0 Å². The number of hydrogen-bond acceptors (Lipinski definition) is 4. The Kier molecular flexibility index (Phi) is 5.71. The van der Waals surface area contributed by atoms with Crippen LogP contribution in [0.1, 0.15) is 20.8 Å². The SMILES string of the molecule is C1=CNCNC1.CC(C)(C)OC(N)=O. The molecule has 14 heavy (non-hydrogen) atoms. The lowest BCUT2D eigenvalue weighted by atomic mass is 10.2. The van der Waals surface area contributed by atoms with E-state index in [1.807, 2.05) is 12.3 Å². The van der Waals surface area contributed by atoms with Crippen LogP contribution in [0, 0.1) is 0 Å². The molecule has 1 rings (SSSR count). The van der Waals surface area contributed by atoms with E-state index in [1.165, 1.54) is 0 Å². The number of amides is 1. The molecule has 1 aliphatic rings. The zero-order valence-electron chi connectivity index (χ0n) is 8.96. The van der Waals surface area contributed by atoms with E-state index in [9.17, 15) is 4.79 Å². The average Bonchev–Trinajstić information content (AvgIpc) is 2.03. The highest BCUT2D eigenvalue weighted by Gasteiger charge is 2.12. The highest BCUT2D eigenvalue weighted by molar-refractivity contribution is 5.65. The summed E-state index contributed by atoms with van der Waals surface area (Å²) < 4.78 is 4.58. The van der Waals surface area contributed by atoms with E-state index in [0.29, 0.717) is 0 Å². The molecule has 1 aliphatic heterocycles. The molecule has 5 heteroatoms. The number of hydrogen-bond donors (Lipinski definition) is 3. The van der Waals surface area contributed by atoms with Crippen molar-refractivity contribution in [2.24, 2.45) is 5.73 Å². The lowest BCUT2D eigenvalue weighted by Gasteiger charge is -2.16. The zero-order chi connectivity index (χ0) is 11.0. The lowest BCUT2D eigenvalue weighted by Crippen LogP contribution is -2.29. The first kappa shape index (κ1) is 12.8. The second kappa shape index (κ2) is 6.26. The third-order valence-electron chi connectivity index (χ3n) is 1.13. The van der Waals surface area contributed by atoms with Crippen molar-refractivity contribution in [3.63, 3.8) is 0 Å². The molecule has 0 aromatic heterocycles. The molecular weight excluding hydrogens is 182 g/mol. The first-order valence-corrected chi connectivity index (χ1v) is 4.49. The third kappa shape index (κ3) is 10.8. The van der Waals surface area contributed by atoms with Gasteiger partial charge >= 0.3 is 6.09 Å². The predicted molar refractivity (Wildman–Crippen MR) is 55.6 cm³/mol. The molecule has 0 unspecified atom stereocenters. The molecule has 0 aliphatic carbocycles. The molecule has 1 amide bonds. The van der Waals surface area contributed by atoms with Gasteiger partial charge in [0.05, 0.1) is 6.67 Å². The smallest absolute Gasteiger partial charge is 0.405 e. The van der Waals surface area contributed by atoms with Gasteiger partial charge in [-0.2, -0.15) is 0 Å². The Labute approximate surface area is 84.7 Å². The van der Waals surface area contributed by atoms with Gasteiger partial charge in [0.25, 0.3) is 0 Å². The van der Waals surface area contributed by atoms with Crippen LogP contribution in [0.25, 0.3) is 0 Å². The van der Waals surface area contributed by atoms with Gasteiger partial charge in [0, 0.05) is 6.54 Å². The quantitative estimate of drug-likeness (QED) is 0.534. The van der Waals surface area contributed by atoms with Crippen LogP contribution in [0.3, 0.4) is 0 Å². The van der Waals surface area contributed by atoms with Gasteiger partial charge in [-0.15, -0.1) is 0 Å². The highest BCUT2D eigenvalue weighted by Crippen LogP contribution is 2.04. The number of carbonyl (C=O) groups is 1. The Bertz CT molecular complexity index is 189. The van der Waals surface area contributed by atoms with E-state index in [1.54, 1.807) is 20.8 Å². The van der Waals surface area contributed by atoms with Crippen molar-refractivity contribution in [3.05, 3.63) is 12.3 Å². The van der Waals surface area contributed by atoms with Crippen LogP contribution in [-0.4, -0.2) is 24.9 Å².